The summed E-state index contributed by atoms with van der Waals surface area (Å²) < 4.78 is 0. The van der Waals surface area contributed by atoms with Crippen LogP contribution in [0.15, 0.2) is 48.5 Å². The number of hydrogen-bond acceptors (Lipinski definition) is 3. The molecule has 5 nitrogen and oxygen atoms in total. The molecular formula is C20H22N2O3. The molecule has 0 saturated carbocycles. The number of carbonyl (C=O) groups is 2. The van der Waals surface area contributed by atoms with Crippen molar-refractivity contribution in [1.29, 1.82) is 0 Å². The molecule has 0 aliphatic carbocycles. The van der Waals surface area contributed by atoms with Gasteiger partial charge in [-0.05, 0) is 42.2 Å². The topological polar surface area (TPSA) is 69.6 Å². The molecule has 2 amide bonds. The monoisotopic (exact) mass is 338 g/mol. The van der Waals surface area contributed by atoms with Crippen LogP contribution < -0.4 is 10.2 Å². The largest absolute Gasteiger partial charge is 0.396 e. The molecule has 1 aliphatic rings. The predicted molar refractivity (Wildman–Crippen MR) is 96.5 cm³/mol. The number of rotatable bonds is 5. The highest BCUT2D eigenvalue weighted by atomic mass is 16.3. The number of carbonyl (C=O) groups excluding carboxylic acids is 2. The molecule has 5 heteroatoms. The van der Waals surface area contributed by atoms with E-state index in [9.17, 15) is 14.7 Å². The maximum absolute atomic E-state index is 12.7. The molecule has 0 radical (unpaired) electrons. The number of hydrogen-bond donors (Lipinski definition) is 2. The van der Waals surface area contributed by atoms with E-state index in [1.165, 1.54) is 0 Å². The van der Waals surface area contributed by atoms with Gasteiger partial charge in [0.15, 0.2) is 0 Å². The Morgan fingerprint density at radius 3 is 2.68 bits per heavy atom. The molecule has 0 fully saturated rings. The van der Waals surface area contributed by atoms with Crippen molar-refractivity contribution in [3.05, 3.63) is 65.2 Å². The lowest BCUT2D eigenvalue weighted by atomic mass is 9.98. The minimum absolute atomic E-state index is 0.00304. The van der Waals surface area contributed by atoms with E-state index in [1.54, 1.807) is 18.0 Å². The smallest absolute Gasteiger partial charge is 0.251 e. The standard InChI is InChI=1S/C20H22N2O3/c1-22-18-9-7-16(13-15(18)8-10-19(22)24)20(25)21-17(11-12-23)14-5-3-2-4-6-14/h2-7,9,13,17,23H,8,10-12H2,1H3,(H,21,25). The maximum atomic E-state index is 12.7. The summed E-state index contributed by atoms with van der Waals surface area (Å²) >= 11 is 0. The lowest BCUT2D eigenvalue weighted by Crippen LogP contribution is -2.32. The average molecular weight is 338 g/mol. The van der Waals surface area contributed by atoms with Gasteiger partial charge in [0.05, 0.1) is 6.04 Å². The molecule has 2 aromatic rings. The van der Waals surface area contributed by atoms with Crippen molar-refractivity contribution in [3.8, 4) is 0 Å². The average Bonchev–Trinajstić information content (AvgIpc) is 2.65. The Labute approximate surface area is 147 Å². The van der Waals surface area contributed by atoms with Crippen molar-refractivity contribution in [1.82, 2.24) is 5.32 Å². The van der Waals surface area contributed by atoms with Crippen molar-refractivity contribution in [2.24, 2.45) is 0 Å². The summed E-state index contributed by atoms with van der Waals surface area (Å²) in [7, 11) is 1.76. The minimum atomic E-state index is -0.237. The van der Waals surface area contributed by atoms with Gasteiger partial charge in [-0.2, -0.15) is 0 Å². The summed E-state index contributed by atoms with van der Waals surface area (Å²) in [5.41, 5.74) is 3.41. The minimum Gasteiger partial charge on any atom is -0.396 e. The second-order valence-corrected chi connectivity index (χ2v) is 6.25. The highest BCUT2D eigenvalue weighted by Crippen LogP contribution is 2.28. The molecule has 0 saturated heterocycles. The fourth-order valence-electron chi connectivity index (χ4n) is 3.18. The fraction of sp³-hybridized carbons (Fsp3) is 0.300. The number of nitrogens with one attached hydrogen (secondary N) is 1. The molecule has 1 aliphatic heterocycles. The van der Waals surface area contributed by atoms with E-state index in [-0.39, 0.29) is 24.5 Å². The number of aliphatic hydroxyl groups is 1. The molecule has 1 heterocycles. The summed E-state index contributed by atoms with van der Waals surface area (Å²) in [6, 6.07) is 14.8. The van der Waals surface area contributed by atoms with Crippen LogP contribution in [-0.2, 0) is 11.2 Å². The maximum Gasteiger partial charge on any atom is 0.251 e. The second-order valence-electron chi connectivity index (χ2n) is 6.25. The number of benzene rings is 2. The summed E-state index contributed by atoms with van der Waals surface area (Å²) in [4.78, 5) is 26.1. The Balaban J connectivity index is 1.80. The molecule has 0 spiro atoms. The van der Waals surface area contributed by atoms with Crippen LogP contribution in [0.5, 0.6) is 0 Å². The first-order valence-corrected chi connectivity index (χ1v) is 8.46. The first-order chi connectivity index (χ1) is 12.1. The third-order valence-corrected chi connectivity index (χ3v) is 4.61. The zero-order valence-corrected chi connectivity index (χ0v) is 14.2. The van der Waals surface area contributed by atoms with Gasteiger partial charge >= 0.3 is 0 Å². The lowest BCUT2D eigenvalue weighted by molar-refractivity contribution is -0.118. The van der Waals surface area contributed by atoms with Crippen LogP contribution in [-0.4, -0.2) is 30.6 Å². The van der Waals surface area contributed by atoms with Crippen LogP contribution in [0.1, 0.15) is 40.4 Å². The molecule has 0 aromatic heterocycles. The van der Waals surface area contributed by atoms with Crippen molar-refractivity contribution >= 4 is 17.5 Å². The third-order valence-electron chi connectivity index (χ3n) is 4.61. The molecule has 1 atom stereocenters. The Morgan fingerprint density at radius 1 is 1.20 bits per heavy atom. The highest BCUT2D eigenvalue weighted by molar-refractivity contribution is 5.99. The second kappa shape index (κ2) is 7.49. The number of aliphatic hydroxyl groups excluding tert-OH is 1. The van der Waals surface area contributed by atoms with Gasteiger partial charge in [-0.3, -0.25) is 9.59 Å². The Morgan fingerprint density at radius 2 is 1.96 bits per heavy atom. The summed E-state index contributed by atoms with van der Waals surface area (Å²) in [5.74, 6) is -0.0820. The van der Waals surface area contributed by atoms with E-state index in [1.807, 2.05) is 42.5 Å². The number of fused-ring (bicyclic) bond motifs is 1. The van der Waals surface area contributed by atoms with Crippen molar-refractivity contribution in [2.45, 2.75) is 25.3 Å². The van der Waals surface area contributed by atoms with Crippen LogP contribution >= 0.6 is 0 Å². The molecule has 2 N–H and O–H groups in total. The van der Waals surface area contributed by atoms with Gasteiger partial charge in [0.2, 0.25) is 5.91 Å². The molecule has 25 heavy (non-hydrogen) atoms. The van der Waals surface area contributed by atoms with Crippen LogP contribution in [0.25, 0.3) is 0 Å². The first kappa shape index (κ1) is 17.2. The Bertz CT molecular complexity index is 774. The molecule has 1 unspecified atom stereocenters. The van der Waals surface area contributed by atoms with E-state index >= 15 is 0 Å². The van der Waals surface area contributed by atoms with Gasteiger partial charge < -0.3 is 15.3 Å². The van der Waals surface area contributed by atoms with Gasteiger partial charge in [-0.1, -0.05) is 30.3 Å². The fourth-order valence-corrected chi connectivity index (χ4v) is 3.18. The van der Waals surface area contributed by atoms with Crippen LogP contribution in [0.4, 0.5) is 5.69 Å². The Kier molecular flexibility index (Phi) is 5.14. The summed E-state index contributed by atoms with van der Waals surface area (Å²) in [5, 5.41) is 12.3. The summed E-state index contributed by atoms with van der Waals surface area (Å²) in [6.45, 7) is -0.00304. The van der Waals surface area contributed by atoms with Gasteiger partial charge in [-0.15, -0.1) is 0 Å². The van der Waals surface area contributed by atoms with Crippen LogP contribution in [0.3, 0.4) is 0 Å². The predicted octanol–water partition coefficient (Wildman–Crippen LogP) is 2.45. The van der Waals surface area contributed by atoms with E-state index < -0.39 is 0 Å². The van der Waals surface area contributed by atoms with Crippen LogP contribution in [0.2, 0.25) is 0 Å². The van der Waals surface area contributed by atoms with Crippen molar-refractivity contribution < 1.29 is 14.7 Å². The van der Waals surface area contributed by atoms with Crippen LogP contribution in [0, 0.1) is 0 Å². The normalized spacial score (nSPS) is 14.8. The first-order valence-electron chi connectivity index (χ1n) is 8.46. The number of anilines is 1. The number of aryl methyl sites for hydroxylation is 1. The third kappa shape index (κ3) is 3.72. The van der Waals surface area contributed by atoms with Gasteiger partial charge in [0, 0.05) is 31.3 Å². The molecule has 130 valence electrons. The van der Waals surface area contributed by atoms with Gasteiger partial charge in [-0.25, -0.2) is 0 Å². The summed E-state index contributed by atoms with van der Waals surface area (Å²) in [6.07, 6.45) is 1.57. The highest BCUT2D eigenvalue weighted by Gasteiger charge is 2.22. The van der Waals surface area contributed by atoms with E-state index in [2.05, 4.69) is 5.32 Å². The number of nitrogens with zero attached hydrogens (tertiary/aromatic N) is 1. The zero-order valence-electron chi connectivity index (χ0n) is 14.2. The SMILES string of the molecule is CN1C(=O)CCc2cc(C(=O)NC(CCO)c3ccccc3)ccc21. The Hall–Kier alpha value is -2.66. The number of amides is 2. The molecule has 0 bridgehead atoms. The van der Waals surface area contributed by atoms with E-state index in [4.69, 9.17) is 0 Å². The lowest BCUT2D eigenvalue weighted by Gasteiger charge is -2.26. The van der Waals surface area contributed by atoms with E-state index in [0.717, 1.165) is 16.8 Å². The van der Waals surface area contributed by atoms with Gasteiger partial charge in [0.25, 0.3) is 5.91 Å². The van der Waals surface area contributed by atoms with Crippen molar-refractivity contribution in [2.75, 3.05) is 18.6 Å². The quantitative estimate of drug-likeness (QED) is 0.880. The van der Waals surface area contributed by atoms with Gasteiger partial charge in [0.1, 0.15) is 0 Å². The molecule has 3 rings (SSSR count). The van der Waals surface area contributed by atoms with Crippen molar-refractivity contribution in [3.63, 3.8) is 0 Å². The molecule has 2 aromatic carbocycles. The van der Waals surface area contributed by atoms with E-state index in [0.29, 0.717) is 24.8 Å². The zero-order chi connectivity index (χ0) is 17.8. The molecular weight excluding hydrogens is 316 g/mol.